The number of piperazine rings is 1. The van der Waals surface area contributed by atoms with E-state index < -0.39 is 4.92 Å². The molecule has 2 aromatic carbocycles. The standard InChI is InChI=1S/C23H25N5O4/c1-16(2)27-22(29)20-9-4-3-8-19(20)21(24-27)23(30)26-12-10-25(11-13-26)15-17-6-5-7-18(14-17)28(31)32/h3-9,14,16H,10-13,15H2,1-2H3. The van der Waals surface area contributed by atoms with Crippen molar-refractivity contribution in [2.24, 2.45) is 0 Å². The van der Waals surface area contributed by atoms with Crippen LogP contribution >= 0.6 is 0 Å². The van der Waals surface area contributed by atoms with Crippen LogP contribution in [-0.2, 0) is 6.54 Å². The molecule has 1 amide bonds. The summed E-state index contributed by atoms with van der Waals surface area (Å²) in [6.07, 6.45) is 0. The van der Waals surface area contributed by atoms with Crippen LogP contribution in [-0.4, -0.2) is 56.6 Å². The second kappa shape index (κ2) is 8.88. The fourth-order valence-electron chi connectivity index (χ4n) is 4.00. The van der Waals surface area contributed by atoms with Crippen molar-refractivity contribution < 1.29 is 9.72 Å². The molecule has 0 atom stereocenters. The molecule has 9 heteroatoms. The van der Waals surface area contributed by atoms with Crippen molar-refractivity contribution in [3.8, 4) is 0 Å². The first kappa shape index (κ1) is 21.6. The molecule has 166 valence electrons. The van der Waals surface area contributed by atoms with Gasteiger partial charge in [0.15, 0.2) is 5.69 Å². The molecule has 1 aromatic heterocycles. The molecule has 2 heterocycles. The average molecular weight is 435 g/mol. The van der Waals surface area contributed by atoms with Gasteiger partial charge in [-0.25, -0.2) is 4.68 Å². The highest BCUT2D eigenvalue weighted by atomic mass is 16.6. The second-order valence-corrected chi connectivity index (χ2v) is 8.23. The van der Waals surface area contributed by atoms with Crippen LogP contribution in [0.5, 0.6) is 0 Å². The molecule has 1 saturated heterocycles. The summed E-state index contributed by atoms with van der Waals surface area (Å²) in [6.45, 7) is 6.65. The van der Waals surface area contributed by atoms with E-state index in [1.54, 1.807) is 41.3 Å². The quantitative estimate of drug-likeness (QED) is 0.451. The molecule has 4 rings (SSSR count). The Morgan fingerprint density at radius 2 is 1.75 bits per heavy atom. The van der Waals surface area contributed by atoms with E-state index in [9.17, 15) is 19.7 Å². The molecule has 0 unspecified atom stereocenters. The summed E-state index contributed by atoms with van der Waals surface area (Å²) in [5, 5.41) is 16.5. The van der Waals surface area contributed by atoms with Gasteiger partial charge in [-0.2, -0.15) is 5.10 Å². The van der Waals surface area contributed by atoms with Gasteiger partial charge < -0.3 is 4.90 Å². The molecular formula is C23H25N5O4. The summed E-state index contributed by atoms with van der Waals surface area (Å²) in [7, 11) is 0. The number of aromatic nitrogens is 2. The monoisotopic (exact) mass is 435 g/mol. The Balaban J connectivity index is 1.51. The van der Waals surface area contributed by atoms with E-state index in [1.165, 1.54) is 10.7 Å². The molecule has 0 aliphatic carbocycles. The minimum Gasteiger partial charge on any atom is -0.335 e. The molecular weight excluding hydrogens is 410 g/mol. The van der Waals surface area contributed by atoms with E-state index in [-0.39, 0.29) is 23.2 Å². The molecule has 3 aromatic rings. The number of nitro benzene ring substituents is 1. The molecule has 0 N–H and O–H groups in total. The summed E-state index contributed by atoms with van der Waals surface area (Å²) < 4.78 is 1.37. The summed E-state index contributed by atoms with van der Waals surface area (Å²) in [4.78, 5) is 40.6. The zero-order valence-corrected chi connectivity index (χ0v) is 18.1. The number of benzene rings is 2. The average Bonchev–Trinajstić information content (AvgIpc) is 2.79. The number of carbonyl (C=O) groups is 1. The van der Waals surface area contributed by atoms with Gasteiger partial charge >= 0.3 is 0 Å². The molecule has 1 aliphatic heterocycles. The number of hydrogen-bond donors (Lipinski definition) is 0. The minimum atomic E-state index is -0.395. The third kappa shape index (κ3) is 4.24. The largest absolute Gasteiger partial charge is 0.335 e. The predicted octanol–water partition coefficient (Wildman–Crippen LogP) is 2.84. The molecule has 1 fully saturated rings. The maximum absolute atomic E-state index is 13.3. The smallest absolute Gasteiger partial charge is 0.275 e. The number of non-ortho nitro benzene ring substituents is 1. The SMILES string of the molecule is CC(C)n1nc(C(=O)N2CCN(Cc3cccc([N+](=O)[O-])c3)CC2)c2ccccc2c1=O. The van der Waals surface area contributed by atoms with Crippen LogP contribution in [0, 0.1) is 10.1 Å². The van der Waals surface area contributed by atoms with Crippen molar-refractivity contribution >= 4 is 22.4 Å². The molecule has 0 bridgehead atoms. The van der Waals surface area contributed by atoms with Crippen LogP contribution < -0.4 is 5.56 Å². The van der Waals surface area contributed by atoms with Crippen LogP contribution in [0.1, 0.15) is 35.9 Å². The summed E-state index contributed by atoms with van der Waals surface area (Å²) >= 11 is 0. The molecule has 0 radical (unpaired) electrons. The van der Waals surface area contributed by atoms with Gasteiger partial charge in [0.05, 0.1) is 16.4 Å². The van der Waals surface area contributed by atoms with E-state index in [0.717, 1.165) is 5.56 Å². The van der Waals surface area contributed by atoms with E-state index in [2.05, 4.69) is 10.00 Å². The van der Waals surface area contributed by atoms with Crippen molar-refractivity contribution in [1.29, 1.82) is 0 Å². The Hall–Kier alpha value is -3.59. The normalized spacial score (nSPS) is 14.8. The number of hydrogen-bond acceptors (Lipinski definition) is 6. The van der Waals surface area contributed by atoms with Gasteiger partial charge in [-0.05, 0) is 25.5 Å². The highest BCUT2D eigenvalue weighted by Crippen LogP contribution is 2.19. The van der Waals surface area contributed by atoms with E-state index in [4.69, 9.17) is 0 Å². The maximum Gasteiger partial charge on any atom is 0.275 e. The van der Waals surface area contributed by atoms with Gasteiger partial charge in [0.25, 0.3) is 17.2 Å². The Labute approximate surface area is 185 Å². The Bertz CT molecular complexity index is 1230. The minimum absolute atomic E-state index is 0.0783. The number of rotatable bonds is 5. The van der Waals surface area contributed by atoms with Crippen LogP contribution in [0.25, 0.3) is 10.8 Å². The first-order valence-electron chi connectivity index (χ1n) is 10.6. The van der Waals surface area contributed by atoms with Gasteiger partial charge in [0.1, 0.15) is 0 Å². The zero-order chi connectivity index (χ0) is 22.8. The zero-order valence-electron chi connectivity index (χ0n) is 18.1. The van der Waals surface area contributed by atoms with Gasteiger partial charge in [-0.3, -0.25) is 24.6 Å². The second-order valence-electron chi connectivity index (χ2n) is 8.23. The first-order chi connectivity index (χ1) is 15.3. The first-order valence-corrected chi connectivity index (χ1v) is 10.6. The van der Waals surface area contributed by atoms with Crippen molar-refractivity contribution in [2.75, 3.05) is 26.2 Å². The van der Waals surface area contributed by atoms with Crippen LogP contribution in [0.15, 0.2) is 53.3 Å². The third-order valence-corrected chi connectivity index (χ3v) is 5.71. The predicted molar refractivity (Wildman–Crippen MR) is 121 cm³/mol. The van der Waals surface area contributed by atoms with Gasteiger partial charge in [0.2, 0.25) is 0 Å². The summed E-state index contributed by atoms with van der Waals surface area (Å²) in [5.74, 6) is -0.189. The van der Waals surface area contributed by atoms with Gasteiger partial charge in [-0.1, -0.05) is 30.3 Å². The van der Waals surface area contributed by atoms with Crippen molar-refractivity contribution in [1.82, 2.24) is 19.6 Å². The van der Waals surface area contributed by atoms with Crippen LogP contribution in [0.2, 0.25) is 0 Å². The van der Waals surface area contributed by atoms with Gasteiger partial charge in [0, 0.05) is 50.2 Å². The number of carbonyl (C=O) groups excluding carboxylic acids is 1. The number of nitro groups is 1. The molecule has 0 spiro atoms. The molecule has 1 aliphatic rings. The fraction of sp³-hybridized carbons (Fsp3) is 0.348. The highest BCUT2D eigenvalue weighted by molar-refractivity contribution is 6.04. The molecule has 0 saturated carbocycles. The van der Waals surface area contributed by atoms with Crippen LogP contribution in [0.4, 0.5) is 5.69 Å². The van der Waals surface area contributed by atoms with Crippen molar-refractivity contribution in [3.63, 3.8) is 0 Å². The lowest BCUT2D eigenvalue weighted by molar-refractivity contribution is -0.384. The van der Waals surface area contributed by atoms with Crippen molar-refractivity contribution in [3.05, 3.63) is 80.3 Å². The lowest BCUT2D eigenvalue weighted by Gasteiger charge is -2.34. The third-order valence-electron chi connectivity index (χ3n) is 5.71. The molecule has 9 nitrogen and oxygen atoms in total. The Morgan fingerprint density at radius 1 is 1.06 bits per heavy atom. The van der Waals surface area contributed by atoms with E-state index in [1.807, 2.05) is 19.9 Å². The van der Waals surface area contributed by atoms with Crippen LogP contribution in [0.3, 0.4) is 0 Å². The fourth-order valence-corrected chi connectivity index (χ4v) is 4.00. The van der Waals surface area contributed by atoms with E-state index >= 15 is 0 Å². The van der Waals surface area contributed by atoms with Crippen molar-refractivity contribution in [2.45, 2.75) is 26.4 Å². The van der Waals surface area contributed by atoms with E-state index in [0.29, 0.717) is 49.2 Å². The maximum atomic E-state index is 13.3. The Morgan fingerprint density at radius 3 is 2.41 bits per heavy atom. The molecule has 32 heavy (non-hydrogen) atoms. The number of fused-ring (bicyclic) bond motifs is 1. The topological polar surface area (TPSA) is 102 Å². The lowest BCUT2D eigenvalue weighted by Crippen LogP contribution is -2.48. The number of amides is 1. The number of nitrogens with zero attached hydrogens (tertiary/aromatic N) is 5. The summed E-state index contributed by atoms with van der Waals surface area (Å²) in [6, 6.07) is 13.5. The summed E-state index contributed by atoms with van der Waals surface area (Å²) in [5.41, 5.74) is 1.04. The Kier molecular flexibility index (Phi) is 6.00. The van der Waals surface area contributed by atoms with Gasteiger partial charge in [-0.15, -0.1) is 0 Å². The lowest BCUT2D eigenvalue weighted by atomic mass is 10.1. The highest BCUT2D eigenvalue weighted by Gasteiger charge is 2.26.